The Morgan fingerprint density at radius 3 is 1.71 bits per heavy atom. The van der Waals surface area contributed by atoms with Gasteiger partial charge in [-0.05, 0) is 45.9 Å². The molecule has 0 spiro atoms. The summed E-state index contributed by atoms with van der Waals surface area (Å²) >= 11 is 5.63. The number of para-hydroxylation sites is 1. The Labute approximate surface area is 169 Å². The van der Waals surface area contributed by atoms with E-state index >= 15 is 0 Å². The number of tetrazole rings is 1. The highest BCUT2D eigenvalue weighted by molar-refractivity contribution is 7.71. The molecule has 1 aromatic heterocycles. The van der Waals surface area contributed by atoms with Crippen molar-refractivity contribution in [2.24, 2.45) is 0 Å². The Balaban J connectivity index is 1.58. The third kappa shape index (κ3) is 4.42. The number of hydrogen-bond donors (Lipinski definition) is 0. The first kappa shape index (κ1) is 18.3. The Bertz CT molecular complexity index is 1020. The molecule has 0 N–H and O–H groups in total. The van der Waals surface area contributed by atoms with E-state index in [1.165, 1.54) is 11.1 Å². The Hall–Kier alpha value is -3.09. The maximum Gasteiger partial charge on any atom is 0.221 e. The van der Waals surface area contributed by atoms with Gasteiger partial charge in [0, 0.05) is 13.1 Å². The first-order chi connectivity index (χ1) is 13.8. The van der Waals surface area contributed by atoms with Crippen molar-refractivity contribution >= 4 is 12.2 Å². The van der Waals surface area contributed by atoms with E-state index in [4.69, 9.17) is 12.2 Å². The fraction of sp³-hybridized carbons (Fsp3) is 0.136. The number of nitrogens with zero attached hydrogens (tertiary/aromatic N) is 5. The van der Waals surface area contributed by atoms with E-state index in [-0.39, 0.29) is 0 Å². The second kappa shape index (κ2) is 8.73. The van der Waals surface area contributed by atoms with Crippen molar-refractivity contribution in [1.82, 2.24) is 24.7 Å². The van der Waals surface area contributed by atoms with Gasteiger partial charge in [-0.25, -0.2) is 4.68 Å². The predicted molar refractivity (Wildman–Crippen MR) is 112 cm³/mol. The fourth-order valence-corrected chi connectivity index (χ4v) is 3.36. The summed E-state index contributed by atoms with van der Waals surface area (Å²) in [5.41, 5.74) is 3.41. The Morgan fingerprint density at radius 2 is 1.18 bits per heavy atom. The second-order valence-corrected chi connectivity index (χ2v) is 6.97. The summed E-state index contributed by atoms with van der Waals surface area (Å²) < 4.78 is 4.05. The van der Waals surface area contributed by atoms with Crippen LogP contribution in [0.3, 0.4) is 0 Å². The van der Waals surface area contributed by atoms with Crippen LogP contribution in [-0.2, 0) is 19.8 Å². The molecule has 0 fully saturated rings. The molecule has 140 valence electrons. The van der Waals surface area contributed by atoms with Crippen LogP contribution in [0.4, 0.5) is 0 Å². The number of aromatic nitrogens is 4. The van der Waals surface area contributed by atoms with Crippen molar-refractivity contribution in [3.05, 3.63) is 107 Å². The van der Waals surface area contributed by atoms with E-state index < -0.39 is 0 Å². The molecule has 0 aliphatic carbocycles. The third-order valence-electron chi connectivity index (χ3n) is 4.47. The molecule has 5 nitrogen and oxygen atoms in total. The maximum atomic E-state index is 5.63. The van der Waals surface area contributed by atoms with Crippen LogP contribution in [0.2, 0.25) is 0 Å². The Kier molecular flexibility index (Phi) is 5.70. The summed E-state index contributed by atoms with van der Waals surface area (Å²) in [6, 6.07) is 30.7. The highest BCUT2D eigenvalue weighted by Gasteiger charge is 2.12. The van der Waals surface area contributed by atoms with Crippen molar-refractivity contribution in [3.63, 3.8) is 0 Å². The highest BCUT2D eigenvalue weighted by atomic mass is 32.1. The molecule has 0 saturated heterocycles. The summed E-state index contributed by atoms with van der Waals surface area (Å²) in [5.74, 6) is 0. The summed E-state index contributed by atoms with van der Waals surface area (Å²) in [6.07, 6.45) is 0. The standard InChI is InChI=1S/C22H21N5S/c28-22-26(23-24-27(22)21-14-8-3-9-15-21)18-25(16-19-10-4-1-5-11-19)17-20-12-6-2-7-13-20/h1-15H,16-18H2. The molecule has 1 heterocycles. The molecular weight excluding hydrogens is 366 g/mol. The van der Waals surface area contributed by atoms with Crippen LogP contribution in [0.15, 0.2) is 91.0 Å². The lowest BCUT2D eigenvalue weighted by molar-refractivity contribution is 0.186. The maximum absolute atomic E-state index is 5.63. The summed E-state index contributed by atoms with van der Waals surface area (Å²) in [5, 5.41) is 8.55. The first-order valence-electron chi connectivity index (χ1n) is 9.18. The molecule has 28 heavy (non-hydrogen) atoms. The average Bonchev–Trinajstić information content (AvgIpc) is 3.10. The van der Waals surface area contributed by atoms with Gasteiger partial charge >= 0.3 is 0 Å². The van der Waals surface area contributed by atoms with E-state index in [0.29, 0.717) is 11.4 Å². The lowest BCUT2D eigenvalue weighted by Crippen LogP contribution is -2.26. The SMILES string of the molecule is S=c1n(CN(Cc2ccccc2)Cc2ccccc2)nnn1-c1ccccc1. The molecule has 0 radical (unpaired) electrons. The predicted octanol–water partition coefficient (Wildman–Crippen LogP) is 4.46. The van der Waals surface area contributed by atoms with E-state index in [1.54, 1.807) is 9.36 Å². The van der Waals surface area contributed by atoms with Gasteiger partial charge in [0.1, 0.15) is 0 Å². The second-order valence-electron chi connectivity index (χ2n) is 6.61. The van der Waals surface area contributed by atoms with Gasteiger partial charge in [-0.2, -0.15) is 4.68 Å². The normalized spacial score (nSPS) is 11.0. The van der Waals surface area contributed by atoms with Crippen LogP contribution in [0.1, 0.15) is 11.1 Å². The highest BCUT2D eigenvalue weighted by Crippen LogP contribution is 2.12. The van der Waals surface area contributed by atoms with Crippen LogP contribution in [-0.4, -0.2) is 24.7 Å². The van der Waals surface area contributed by atoms with Gasteiger partial charge in [-0.3, -0.25) is 4.90 Å². The largest absolute Gasteiger partial charge is 0.276 e. The minimum atomic E-state index is 0.565. The number of hydrogen-bond acceptors (Lipinski definition) is 4. The molecule has 0 aliphatic rings. The minimum Gasteiger partial charge on any atom is -0.276 e. The monoisotopic (exact) mass is 387 g/mol. The molecule has 0 aliphatic heterocycles. The van der Waals surface area contributed by atoms with Crippen molar-refractivity contribution in [2.75, 3.05) is 0 Å². The zero-order chi connectivity index (χ0) is 19.2. The third-order valence-corrected chi connectivity index (χ3v) is 4.86. The molecule has 0 unspecified atom stereocenters. The van der Waals surface area contributed by atoms with Crippen LogP contribution in [0, 0.1) is 4.77 Å². The molecule has 0 amide bonds. The lowest BCUT2D eigenvalue weighted by Gasteiger charge is -2.22. The van der Waals surface area contributed by atoms with Gasteiger partial charge in [0.25, 0.3) is 0 Å². The topological polar surface area (TPSA) is 38.9 Å². The summed E-state index contributed by atoms with van der Waals surface area (Å²) in [4.78, 5) is 2.31. The molecule has 3 aromatic carbocycles. The molecule has 0 saturated carbocycles. The van der Waals surface area contributed by atoms with Crippen LogP contribution < -0.4 is 0 Å². The van der Waals surface area contributed by atoms with Gasteiger partial charge in [0.15, 0.2) is 0 Å². The van der Waals surface area contributed by atoms with Crippen LogP contribution in [0.25, 0.3) is 5.69 Å². The lowest BCUT2D eigenvalue weighted by atomic mass is 10.2. The summed E-state index contributed by atoms with van der Waals surface area (Å²) in [6.45, 7) is 2.17. The van der Waals surface area contributed by atoms with Gasteiger partial charge in [0.2, 0.25) is 4.77 Å². The van der Waals surface area contributed by atoms with Gasteiger partial charge in [-0.1, -0.05) is 78.9 Å². The van der Waals surface area contributed by atoms with Gasteiger partial charge < -0.3 is 0 Å². The fourth-order valence-electron chi connectivity index (χ4n) is 3.12. The Morgan fingerprint density at radius 1 is 0.679 bits per heavy atom. The molecule has 0 atom stereocenters. The smallest absolute Gasteiger partial charge is 0.221 e. The van der Waals surface area contributed by atoms with Crippen molar-refractivity contribution in [1.29, 1.82) is 0 Å². The number of rotatable bonds is 7. The van der Waals surface area contributed by atoms with Crippen LogP contribution in [0.5, 0.6) is 0 Å². The van der Waals surface area contributed by atoms with E-state index in [9.17, 15) is 0 Å². The molecule has 0 bridgehead atoms. The van der Waals surface area contributed by atoms with Crippen LogP contribution >= 0.6 is 12.2 Å². The quantitative estimate of drug-likeness (QED) is 0.439. The van der Waals surface area contributed by atoms with Gasteiger partial charge in [0.05, 0.1) is 12.4 Å². The van der Waals surface area contributed by atoms with Crippen molar-refractivity contribution in [2.45, 2.75) is 19.8 Å². The number of benzene rings is 3. The van der Waals surface area contributed by atoms with E-state index in [0.717, 1.165) is 18.8 Å². The van der Waals surface area contributed by atoms with Crippen molar-refractivity contribution in [3.8, 4) is 5.69 Å². The molecular formula is C22H21N5S. The average molecular weight is 388 g/mol. The van der Waals surface area contributed by atoms with E-state index in [2.05, 4.69) is 63.9 Å². The molecule has 4 aromatic rings. The molecule has 4 rings (SSSR count). The van der Waals surface area contributed by atoms with Gasteiger partial charge in [-0.15, -0.1) is 0 Å². The molecule has 6 heteroatoms. The first-order valence-corrected chi connectivity index (χ1v) is 9.59. The summed E-state index contributed by atoms with van der Waals surface area (Å²) in [7, 11) is 0. The van der Waals surface area contributed by atoms with E-state index in [1.807, 2.05) is 42.5 Å². The van der Waals surface area contributed by atoms with Crippen molar-refractivity contribution < 1.29 is 0 Å². The zero-order valence-corrected chi connectivity index (χ0v) is 16.2. The zero-order valence-electron chi connectivity index (χ0n) is 15.4. The minimum absolute atomic E-state index is 0.565.